The largest absolute Gasteiger partial charge is 0.439 e. The van der Waals surface area contributed by atoms with E-state index in [0.29, 0.717) is 17.2 Å². The van der Waals surface area contributed by atoms with E-state index in [-0.39, 0.29) is 5.82 Å². The first-order valence-corrected chi connectivity index (χ1v) is 5.22. The molecular weight excluding hydrogens is 221 g/mol. The van der Waals surface area contributed by atoms with Crippen molar-refractivity contribution < 1.29 is 14.2 Å². The molecule has 0 radical (unpaired) electrons. The first-order chi connectivity index (χ1) is 8.15. The smallest absolute Gasteiger partial charge is 0.219 e. The summed E-state index contributed by atoms with van der Waals surface area (Å²) in [7, 11) is 0. The third kappa shape index (κ3) is 3.01. The number of halogens is 1. The number of rotatable bonds is 3. The van der Waals surface area contributed by atoms with Crippen molar-refractivity contribution in [2.75, 3.05) is 0 Å². The molecule has 1 heterocycles. The number of benzene rings is 1. The van der Waals surface area contributed by atoms with Crippen molar-refractivity contribution in [3.05, 3.63) is 54.0 Å². The number of hydrogen-bond acceptors (Lipinski definition) is 3. The summed E-state index contributed by atoms with van der Waals surface area (Å²) in [6, 6.07) is 9.13. The molecule has 88 valence electrons. The predicted molar refractivity (Wildman–Crippen MR) is 61.3 cm³/mol. The SMILES string of the molecule is C[C@H](O)c1ccnc(Oc2cccc(F)c2)c1. The molecule has 0 aliphatic carbocycles. The molecule has 0 aliphatic rings. The first-order valence-electron chi connectivity index (χ1n) is 5.22. The maximum absolute atomic E-state index is 12.9. The molecular formula is C13H12FNO2. The zero-order valence-corrected chi connectivity index (χ0v) is 9.30. The lowest BCUT2D eigenvalue weighted by Crippen LogP contribution is -1.94. The number of nitrogens with zero attached hydrogens (tertiary/aromatic N) is 1. The van der Waals surface area contributed by atoms with Gasteiger partial charge in [0, 0.05) is 18.3 Å². The van der Waals surface area contributed by atoms with Crippen LogP contribution in [0.15, 0.2) is 42.6 Å². The average Bonchev–Trinajstić information content (AvgIpc) is 2.29. The third-order valence-corrected chi connectivity index (χ3v) is 2.26. The van der Waals surface area contributed by atoms with Gasteiger partial charge < -0.3 is 9.84 Å². The number of aliphatic hydroxyl groups excluding tert-OH is 1. The lowest BCUT2D eigenvalue weighted by Gasteiger charge is -2.08. The summed E-state index contributed by atoms with van der Waals surface area (Å²) < 4.78 is 18.3. The Kier molecular flexibility index (Phi) is 3.35. The molecule has 2 aromatic rings. The fourth-order valence-corrected chi connectivity index (χ4v) is 1.39. The molecule has 0 fully saturated rings. The van der Waals surface area contributed by atoms with E-state index in [1.807, 2.05) is 0 Å². The predicted octanol–water partition coefficient (Wildman–Crippen LogP) is 3.07. The Morgan fingerprint density at radius 3 is 2.82 bits per heavy atom. The second kappa shape index (κ2) is 4.93. The van der Waals surface area contributed by atoms with Crippen molar-refractivity contribution in [2.45, 2.75) is 13.0 Å². The van der Waals surface area contributed by atoms with Gasteiger partial charge >= 0.3 is 0 Å². The average molecular weight is 233 g/mol. The monoisotopic (exact) mass is 233 g/mol. The number of ether oxygens (including phenoxy) is 1. The van der Waals surface area contributed by atoms with Crippen LogP contribution in [-0.4, -0.2) is 10.1 Å². The van der Waals surface area contributed by atoms with E-state index in [0.717, 1.165) is 0 Å². The second-order valence-corrected chi connectivity index (χ2v) is 3.66. The van der Waals surface area contributed by atoms with Gasteiger partial charge in [0.15, 0.2) is 0 Å². The summed E-state index contributed by atoms with van der Waals surface area (Å²) in [5, 5.41) is 9.42. The summed E-state index contributed by atoms with van der Waals surface area (Å²) in [6.07, 6.45) is 0.948. The van der Waals surface area contributed by atoms with Gasteiger partial charge in [0.1, 0.15) is 11.6 Å². The van der Waals surface area contributed by atoms with Crippen LogP contribution in [-0.2, 0) is 0 Å². The van der Waals surface area contributed by atoms with Gasteiger partial charge in [0.25, 0.3) is 0 Å². The zero-order chi connectivity index (χ0) is 12.3. The highest BCUT2D eigenvalue weighted by Gasteiger charge is 2.04. The second-order valence-electron chi connectivity index (χ2n) is 3.66. The molecule has 2 rings (SSSR count). The number of hydrogen-bond donors (Lipinski definition) is 1. The van der Waals surface area contributed by atoms with Crippen molar-refractivity contribution in [3.63, 3.8) is 0 Å². The van der Waals surface area contributed by atoms with Gasteiger partial charge in [-0.25, -0.2) is 9.37 Å². The van der Waals surface area contributed by atoms with Crippen LogP contribution in [0.2, 0.25) is 0 Å². The summed E-state index contributed by atoms with van der Waals surface area (Å²) in [4.78, 5) is 3.99. The van der Waals surface area contributed by atoms with Gasteiger partial charge in [-0.2, -0.15) is 0 Å². The molecule has 0 aliphatic heterocycles. The molecule has 4 heteroatoms. The fourth-order valence-electron chi connectivity index (χ4n) is 1.39. The topological polar surface area (TPSA) is 42.4 Å². The molecule has 1 atom stereocenters. The molecule has 1 aromatic heterocycles. The summed E-state index contributed by atoms with van der Waals surface area (Å²) in [5.41, 5.74) is 0.700. The van der Waals surface area contributed by atoms with E-state index >= 15 is 0 Å². The van der Waals surface area contributed by atoms with Crippen LogP contribution < -0.4 is 4.74 Å². The lowest BCUT2D eigenvalue weighted by molar-refractivity contribution is 0.198. The van der Waals surface area contributed by atoms with Crippen LogP contribution in [0.5, 0.6) is 11.6 Å². The highest BCUT2D eigenvalue weighted by molar-refractivity contribution is 5.29. The van der Waals surface area contributed by atoms with Gasteiger partial charge in [-0.1, -0.05) is 6.07 Å². The molecule has 0 spiro atoms. The first kappa shape index (κ1) is 11.5. The lowest BCUT2D eigenvalue weighted by atomic mass is 10.2. The van der Waals surface area contributed by atoms with Crippen molar-refractivity contribution in [2.24, 2.45) is 0 Å². The Balaban J connectivity index is 2.21. The number of aliphatic hydroxyl groups is 1. The van der Waals surface area contributed by atoms with Crippen LogP contribution in [0.1, 0.15) is 18.6 Å². The molecule has 0 amide bonds. The van der Waals surface area contributed by atoms with E-state index in [2.05, 4.69) is 4.98 Å². The van der Waals surface area contributed by atoms with Gasteiger partial charge in [-0.05, 0) is 30.7 Å². The van der Waals surface area contributed by atoms with Crippen LogP contribution >= 0.6 is 0 Å². The van der Waals surface area contributed by atoms with Gasteiger partial charge in [0.2, 0.25) is 5.88 Å². The summed E-state index contributed by atoms with van der Waals surface area (Å²) >= 11 is 0. The van der Waals surface area contributed by atoms with Crippen molar-refractivity contribution in [3.8, 4) is 11.6 Å². The van der Waals surface area contributed by atoms with Crippen molar-refractivity contribution in [1.29, 1.82) is 0 Å². The number of pyridine rings is 1. The van der Waals surface area contributed by atoms with E-state index in [1.165, 1.54) is 18.3 Å². The third-order valence-electron chi connectivity index (χ3n) is 2.26. The van der Waals surface area contributed by atoms with Gasteiger partial charge in [0.05, 0.1) is 6.10 Å². The highest BCUT2D eigenvalue weighted by Crippen LogP contribution is 2.22. The van der Waals surface area contributed by atoms with Crippen LogP contribution in [0.3, 0.4) is 0 Å². The summed E-state index contributed by atoms with van der Waals surface area (Å²) in [5.74, 6) is 0.337. The Hall–Kier alpha value is -1.94. The molecule has 3 nitrogen and oxygen atoms in total. The van der Waals surface area contributed by atoms with E-state index in [1.54, 1.807) is 31.2 Å². The number of aromatic nitrogens is 1. The maximum Gasteiger partial charge on any atom is 0.219 e. The molecule has 1 aromatic carbocycles. The highest BCUT2D eigenvalue weighted by atomic mass is 19.1. The standard InChI is InChI=1S/C13H12FNO2/c1-9(16)10-5-6-15-13(7-10)17-12-4-2-3-11(14)8-12/h2-9,16H,1H3/t9-/m0/s1. The Bertz CT molecular complexity index is 514. The van der Waals surface area contributed by atoms with Crippen molar-refractivity contribution in [1.82, 2.24) is 4.98 Å². The minimum absolute atomic E-state index is 0.328. The Morgan fingerprint density at radius 2 is 2.12 bits per heavy atom. The normalized spacial score (nSPS) is 12.2. The molecule has 1 N–H and O–H groups in total. The van der Waals surface area contributed by atoms with Crippen molar-refractivity contribution >= 4 is 0 Å². The quantitative estimate of drug-likeness (QED) is 0.885. The van der Waals surface area contributed by atoms with Crippen LogP contribution in [0.25, 0.3) is 0 Å². The molecule has 0 bridgehead atoms. The summed E-state index contributed by atoms with van der Waals surface area (Å²) in [6.45, 7) is 1.65. The van der Waals surface area contributed by atoms with E-state index < -0.39 is 6.10 Å². The molecule has 0 saturated heterocycles. The van der Waals surface area contributed by atoms with Crippen LogP contribution in [0, 0.1) is 5.82 Å². The van der Waals surface area contributed by atoms with Crippen LogP contribution in [0.4, 0.5) is 4.39 Å². The maximum atomic E-state index is 12.9. The van der Waals surface area contributed by atoms with Gasteiger partial charge in [-0.3, -0.25) is 0 Å². The minimum Gasteiger partial charge on any atom is -0.439 e. The minimum atomic E-state index is -0.590. The zero-order valence-electron chi connectivity index (χ0n) is 9.30. The molecule has 0 unspecified atom stereocenters. The molecule has 17 heavy (non-hydrogen) atoms. The van der Waals surface area contributed by atoms with E-state index in [9.17, 15) is 9.50 Å². The fraction of sp³-hybridized carbons (Fsp3) is 0.154. The molecule has 0 saturated carbocycles. The Morgan fingerprint density at radius 1 is 1.29 bits per heavy atom. The van der Waals surface area contributed by atoms with E-state index in [4.69, 9.17) is 4.74 Å². The van der Waals surface area contributed by atoms with Gasteiger partial charge in [-0.15, -0.1) is 0 Å². The Labute approximate surface area is 98.5 Å².